The molecule has 1 amide bonds. The first-order chi connectivity index (χ1) is 8.77. The lowest BCUT2D eigenvalue weighted by Crippen LogP contribution is -2.28. The van der Waals surface area contributed by atoms with Gasteiger partial charge in [-0.05, 0) is 18.6 Å². The summed E-state index contributed by atoms with van der Waals surface area (Å²) in [6, 6.07) is 5.64. The number of hydrogen-bond donors (Lipinski definition) is 2. The SMILES string of the molecule is CCCc1nc2ccccn2c1C(=O)NCCO. The van der Waals surface area contributed by atoms with Crippen LogP contribution in [0.1, 0.15) is 29.5 Å². The molecule has 0 aliphatic heterocycles. The van der Waals surface area contributed by atoms with E-state index in [9.17, 15) is 4.79 Å². The molecular weight excluding hydrogens is 230 g/mol. The molecule has 0 fully saturated rings. The summed E-state index contributed by atoms with van der Waals surface area (Å²) < 4.78 is 1.79. The van der Waals surface area contributed by atoms with Gasteiger partial charge in [0.15, 0.2) is 0 Å². The van der Waals surface area contributed by atoms with Crippen molar-refractivity contribution in [1.29, 1.82) is 0 Å². The van der Waals surface area contributed by atoms with Crippen LogP contribution in [0.5, 0.6) is 0 Å². The second kappa shape index (κ2) is 5.64. The Balaban J connectivity index is 2.44. The molecule has 0 aliphatic rings. The van der Waals surface area contributed by atoms with Gasteiger partial charge in [-0.3, -0.25) is 9.20 Å². The molecule has 0 aliphatic carbocycles. The fraction of sp³-hybridized carbons (Fsp3) is 0.385. The minimum Gasteiger partial charge on any atom is -0.395 e. The highest BCUT2D eigenvalue weighted by molar-refractivity contribution is 5.94. The average molecular weight is 247 g/mol. The lowest BCUT2D eigenvalue weighted by molar-refractivity contribution is 0.0938. The molecule has 0 radical (unpaired) electrons. The molecule has 0 atom stereocenters. The van der Waals surface area contributed by atoms with Crippen LogP contribution in [-0.2, 0) is 6.42 Å². The summed E-state index contributed by atoms with van der Waals surface area (Å²) in [4.78, 5) is 16.6. The van der Waals surface area contributed by atoms with E-state index in [1.165, 1.54) is 0 Å². The number of pyridine rings is 1. The average Bonchev–Trinajstić information content (AvgIpc) is 2.74. The van der Waals surface area contributed by atoms with E-state index in [4.69, 9.17) is 5.11 Å². The first-order valence-corrected chi connectivity index (χ1v) is 6.13. The second-order valence-corrected chi connectivity index (χ2v) is 4.07. The number of rotatable bonds is 5. The van der Waals surface area contributed by atoms with Crippen molar-refractivity contribution >= 4 is 11.6 Å². The number of imidazole rings is 1. The van der Waals surface area contributed by atoms with Crippen LogP contribution >= 0.6 is 0 Å². The molecule has 2 heterocycles. The van der Waals surface area contributed by atoms with Gasteiger partial charge in [0.05, 0.1) is 12.3 Å². The molecule has 0 saturated carbocycles. The Hall–Kier alpha value is -1.88. The molecule has 2 N–H and O–H groups in total. The highest BCUT2D eigenvalue weighted by Gasteiger charge is 2.17. The zero-order chi connectivity index (χ0) is 13.0. The smallest absolute Gasteiger partial charge is 0.270 e. The number of hydrogen-bond acceptors (Lipinski definition) is 3. The van der Waals surface area contributed by atoms with Gasteiger partial charge in [-0.25, -0.2) is 4.98 Å². The number of aromatic nitrogens is 2. The van der Waals surface area contributed by atoms with E-state index in [0.717, 1.165) is 24.2 Å². The van der Waals surface area contributed by atoms with Crippen LogP contribution in [0.15, 0.2) is 24.4 Å². The molecule has 18 heavy (non-hydrogen) atoms. The molecule has 5 nitrogen and oxygen atoms in total. The molecule has 2 aromatic rings. The molecule has 0 spiro atoms. The van der Waals surface area contributed by atoms with Crippen LogP contribution in [0.25, 0.3) is 5.65 Å². The monoisotopic (exact) mass is 247 g/mol. The Morgan fingerprint density at radius 2 is 2.33 bits per heavy atom. The van der Waals surface area contributed by atoms with Gasteiger partial charge in [-0.15, -0.1) is 0 Å². The highest BCUT2D eigenvalue weighted by atomic mass is 16.3. The minimum absolute atomic E-state index is 0.0639. The van der Waals surface area contributed by atoms with Crippen molar-refractivity contribution in [3.63, 3.8) is 0 Å². The zero-order valence-corrected chi connectivity index (χ0v) is 10.4. The number of aliphatic hydroxyl groups excluding tert-OH is 1. The van der Waals surface area contributed by atoms with Crippen LogP contribution in [0.3, 0.4) is 0 Å². The normalized spacial score (nSPS) is 10.8. The molecule has 5 heteroatoms. The topological polar surface area (TPSA) is 66.6 Å². The summed E-state index contributed by atoms with van der Waals surface area (Å²) in [5.74, 6) is -0.189. The molecule has 0 aromatic carbocycles. The van der Waals surface area contributed by atoms with E-state index in [1.54, 1.807) is 4.40 Å². The van der Waals surface area contributed by atoms with Crippen LogP contribution in [0.2, 0.25) is 0 Å². The third kappa shape index (κ3) is 2.36. The largest absolute Gasteiger partial charge is 0.395 e. The van der Waals surface area contributed by atoms with Crippen LogP contribution < -0.4 is 5.32 Å². The van der Waals surface area contributed by atoms with Crippen LogP contribution in [-0.4, -0.2) is 33.6 Å². The molecule has 0 saturated heterocycles. The lowest BCUT2D eigenvalue weighted by Gasteiger charge is -2.05. The van der Waals surface area contributed by atoms with Gasteiger partial charge in [0.2, 0.25) is 0 Å². The minimum atomic E-state index is -0.189. The standard InChI is InChI=1S/C13H17N3O2/c1-2-5-10-12(13(18)14-7-9-17)16-8-4-3-6-11(16)15-10/h3-4,6,8,17H,2,5,7,9H2,1H3,(H,14,18). The maximum absolute atomic E-state index is 12.1. The van der Waals surface area contributed by atoms with E-state index in [0.29, 0.717) is 5.69 Å². The third-order valence-corrected chi connectivity index (χ3v) is 2.70. The van der Waals surface area contributed by atoms with E-state index < -0.39 is 0 Å². The summed E-state index contributed by atoms with van der Waals surface area (Å²) in [7, 11) is 0. The Kier molecular flexibility index (Phi) is 3.94. The Bertz CT molecular complexity index is 548. The first kappa shape index (κ1) is 12.6. The molecule has 96 valence electrons. The Morgan fingerprint density at radius 1 is 1.50 bits per heavy atom. The third-order valence-electron chi connectivity index (χ3n) is 2.70. The molecule has 2 rings (SSSR count). The van der Waals surface area contributed by atoms with Crippen molar-refractivity contribution in [3.8, 4) is 0 Å². The number of aryl methyl sites for hydroxylation is 1. The van der Waals surface area contributed by atoms with Crippen molar-refractivity contribution in [2.45, 2.75) is 19.8 Å². The van der Waals surface area contributed by atoms with Crippen molar-refractivity contribution in [1.82, 2.24) is 14.7 Å². The van der Waals surface area contributed by atoms with Crippen LogP contribution in [0, 0.1) is 0 Å². The number of carbonyl (C=O) groups excluding carboxylic acids is 1. The van der Waals surface area contributed by atoms with Gasteiger partial charge in [-0.2, -0.15) is 0 Å². The van der Waals surface area contributed by atoms with Crippen molar-refractivity contribution in [3.05, 3.63) is 35.8 Å². The van der Waals surface area contributed by atoms with Crippen molar-refractivity contribution in [2.24, 2.45) is 0 Å². The Morgan fingerprint density at radius 3 is 3.06 bits per heavy atom. The number of aliphatic hydroxyl groups is 1. The molecular formula is C13H17N3O2. The predicted octanol–water partition coefficient (Wildman–Crippen LogP) is 1.01. The summed E-state index contributed by atoms with van der Waals surface area (Å²) in [5, 5.41) is 11.4. The maximum atomic E-state index is 12.1. The number of fused-ring (bicyclic) bond motifs is 1. The number of nitrogens with one attached hydrogen (secondary N) is 1. The van der Waals surface area contributed by atoms with Gasteiger partial charge in [-0.1, -0.05) is 19.4 Å². The molecule has 2 aromatic heterocycles. The maximum Gasteiger partial charge on any atom is 0.270 e. The van der Waals surface area contributed by atoms with Gasteiger partial charge in [0, 0.05) is 12.7 Å². The van der Waals surface area contributed by atoms with Gasteiger partial charge >= 0.3 is 0 Å². The molecule has 0 unspecified atom stereocenters. The summed E-state index contributed by atoms with van der Waals surface area (Å²) in [6.07, 6.45) is 3.53. The fourth-order valence-corrected chi connectivity index (χ4v) is 1.95. The van der Waals surface area contributed by atoms with E-state index >= 15 is 0 Å². The highest BCUT2D eigenvalue weighted by Crippen LogP contribution is 2.14. The van der Waals surface area contributed by atoms with Crippen molar-refractivity contribution < 1.29 is 9.90 Å². The quantitative estimate of drug-likeness (QED) is 0.828. The summed E-state index contributed by atoms with van der Waals surface area (Å²) in [5.41, 5.74) is 2.15. The van der Waals surface area contributed by atoms with Gasteiger partial charge in [0.1, 0.15) is 11.3 Å². The number of amides is 1. The van der Waals surface area contributed by atoms with E-state index in [-0.39, 0.29) is 19.1 Å². The Labute approximate surface area is 105 Å². The first-order valence-electron chi connectivity index (χ1n) is 6.13. The van der Waals surface area contributed by atoms with Crippen LogP contribution in [0.4, 0.5) is 0 Å². The molecule has 0 bridgehead atoms. The predicted molar refractivity (Wildman–Crippen MR) is 68.6 cm³/mol. The van der Waals surface area contributed by atoms with Gasteiger partial charge in [0.25, 0.3) is 5.91 Å². The summed E-state index contributed by atoms with van der Waals surface area (Å²) >= 11 is 0. The number of nitrogens with zero attached hydrogens (tertiary/aromatic N) is 2. The van der Waals surface area contributed by atoms with Crippen molar-refractivity contribution in [2.75, 3.05) is 13.2 Å². The van der Waals surface area contributed by atoms with E-state index in [2.05, 4.69) is 17.2 Å². The number of carbonyl (C=O) groups is 1. The fourth-order valence-electron chi connectivity index (χ4n) is 1.95. The van der Waals surface area contributed by atoms with Gasteiger partial charge < -0.3 is 10.4 Å². The summed E-state index contributed by atoms with van der Waals surface area (Å²) in [6.45, 7) is 2.25. The second-order valence-electron chi connectivity index (χ2n) is 4.07. The van der Waals surface area contributed by atoms with E-state index in [1.807, 2.05) is 24.4 Å². The lowest BCUT2D eigenvalue weighted by atomic mass is 10.2. The zero-order valence-electron chi connectivity index (χ0n) is 10.4.